The molecule has 0 N–H and O–H groups in total. The summed E-state index contributed by atoms with van der Waals surface area (Å²) in [6, 6.07) is 19.4. The van der Waals surface area contributed by atoms with Gasteiger partial charge in [0.1, 0.15) is 0 Å². The van der Waals surface area contributed by atoms with Crippen molar-refractivity contribution in [1.82, 2.24) is 4.90 Å². The summed E-state index contributed by atoms with van der Waals surface area (Å²) in [6.07, 6.45) is 0.855. The molecule has 0 spiro atoms. The van der Waals surface area contributed by atoms with Crippen molar-refractivity contribution < 1.29 is 19.1 Å². The number of carbonyl (C=O) groups excluding carboxylic acids is 2. The molecular weight excluding hydrogens is 354 g/mol. The molecule has 1 amide bonds. The van der Waals surface area contributed by atoms with E-state index < -0.39 is 0 Å². The first-order valence-electron chi connectivity index (χ1n) is 9.80. The van der Waals surface area contributed by atoms with Gasteiger partial charge in [-0.3, -0.25) is 9.59 Å². The molecule has 2 atom stereocenters. The maximum absolute atomic E-state index is 12.7. The van der Waals surface area contributed by atoms with Crippen LogP contribution in [0.3, 0.4) is 0 Å². The molecule has 0 aliphatic carbocycles. The van der Waals surface area contributed by atoms with E-state index in [1.165, 1.54) is 0 Å². The molecule has 2 aromatic carbocycles. The number of esters is 1. The van der Waals surface area contributed by atoms with Crippen LogP contribution in [-0.4, -0.2) is 36.0 Å². The van der Waals surface area contributed by atoms with Crippen molar-refractivity contribution in [3.63, 3.8) is 0 Å². The normalized spacial score (nSPS) is 19.5. The van der Waals surface area contributed by atoms with Crippen LogP contribution >= 0.6 is 0 Å². The molecule has 0 aromatic heterocycles. The van der Waals surface area contributed by atoms with E-state index in [0.29, 0.717) is 39.2 Å². The Morgan fingerprint density at radius 1 is 1.04 bits per heavy atom. The molecule has 5 nitrogen and oxygen atoms in total. The van der Waals surface area contributed by atoms with Gasteiger partial charge in [0.05, 0.1) is 31.8 Å². The van der Waals surface area contributed by atoms with E-state index in [1.54, 1.807) is 11.8 Å². The lowest BCUT2D eigenvalue weighted by Crippen LogP contribution is -2.53. The molecule has 1 fully saturated rings. The van der Waals surface area contributed by atoms with Crippen LogP contribution < -0.4 is 0 Å². The third-order valence-corrected chi connectivity index (χ3v) is 5.04. The lowest BCUT2D eigenvalue weighted by molar-refractivity contribution is -0.159. The highest BCUT2D eigenvalue weighted by Gasteiger charge is 2.40. The zero-order valence-corrected chi connectivity index (χ0v) is 16.3. The number of piperidine rings is 1. The first-order valence-corrected chi connectivity index (χ1v) is 9.80. The fourth-order valence-electron chi connectivity index (χ4n) is 3.60. The van der Waals surface area contributed by atoms with Crippen molar-refractivity contribution in [3.8, 4) is 0 Å². The van der Waals surface area contributed by atoms with Gasteiger partial charge in [-0.2, -0.15) is 0 Å². The number of nitrogens with zero attached hydrogens (tertiary/aromatic N) is 1. The molecule has 148 valence electrons. The van der Waals surface area contributed by atoms with Crippen molar-refractivity contribution in [2.24, 2.45) is 5.92 Å². The van der Waals surface area contributed by atoms with Gasteiger partial charge in [-0.25, -0.2) is 0 Å². The van der Waals surface area contributed by atoms with Crippen LogP contribution in [0.15, 0.2) is 60.7 Å². The average molecular weight is 381 g/mol. The van der Waals surface area contributed by atoms with E-state index >= 15 is 0 Å². The van der Waals surface area contributed by atoms with E-state index in [1.807, 2.05) is 60.7 Å². The van der Waals surface area contributed by atoms with Crippen LogP contribution in [0.25, 0.3) is 0 Å². The summed E-state index contributed by atoms with van der Waals surface area (Å²) in [5.74, 6) is -0.559. The molecule has 0 saturated carbocycles. The average Bonchev–Trinajstić information content (AvgIpc) is 2.72. The molecule has 0 unspecified atom stereocenters. The lowest BCUT2D eigenvalue weighted by Gasteiger charge is -2.40. The van der Waals surface area contributed by atoms with E-state index in [2.05, 4.69) is 0 Å². The Morgan fingerprint density at radius 2 is 1.68 bits per heavy atom. The van der Waals surface area contributed by atoms with Gasteiger partial charge in [-0.05, 0) is 24.5 Å². The second-order valence-corrected chi connectivity index (χ2v) is 6.97. The Labute approximate surface area is 166 Å². The first kappa shape index (κ1) is 20.1. The van der Waals surface area contributed by atoms with Crippen molar-refractivity contribution in [2.75, 3.05) is 13.2 Å². The van der Waals surface area contributed by atoms with Gasteiger partial charge in [-0.15, -0.1) is 0 Å². The molecular formula is C23H27NO4. The summed E-state index contributed by atoms with van der Waals surface area (Å²) >= 11 is 0. The Kier molecular flexibility index (Phi) is 7.20. The predicted molar refractivity (Wildman–Crippen MR) is 106 cm³/mol. The van der Waals surface area contributed by atoms with E-state index in [-0.39, 0.29) is 23.8 Å². The van der Waals surface area contributed by atoms with Crippen LogP contribution in [0.2, 0.25) is 0 Å². The van der Waals surface area contributed by atoms with E-state index in [0.717, 1.165) is 11.1 Å². The number of carbonyl (C=O) groups is 2. The van der Waals surface area contributed by atoms with Crippen LogP contribution in [-0.2, 0) is 32.2 Å². The monoisotopic (exact) mass is 381 g/mol. The quantitative estimate of drug-likeness (QED) is 0.656. The van der Waals surface area contributed by atoms with Crippen molar-refractivity contribution in [3.05, 3.63) is 71.8 Å². The van der Waals surface area contributed by atoms with Crippen molar-refractivity contribution in [1.29, 1.82) is 0 Å². The number of amides is 1. The highest BCUT2D eigenvalue weighted by Crippen LogP contribution is 2.28. The van der Waals surface area contributed by atoms with Gasteiger partial charge in [0, 0.05) is 13.0 Å². The van der Waals surface area contributed by atoms with Crippen LogP contribution in [0.4, 0.5) is 0 Å². The minimum Gasteiger partial charge on any atom is -0.466 e. The fraction of sp³-hybridized carbons (Fsp3) is 0.391. The molecule has 0 radical (unpaired) electrons. The standard InChI is InChI=1S/C23H27NO4/c1-2-28-23(26)20-13-14-22(25)24(15-18-9-5-3-6-10-18)21(20)17-27-16-19-11-7-4-8-12-19/h3-12,20-21H,2,13-17H2,1H3/t20-,21-/m1/s1. The van der Waals surface area contributed by atoms with Gasteiger partial charge in [0.15, 0.2) is 0 Å². The second-order valence-electron chi connectivity index (χ2n) is 6.97. The molecule has 2 aromatic rings. The van der Waals surface area contributed by atoms with Crippen LogP contribution in [0.1, 0.15) is 30.9 Å². The minimum atomic E-state index is -0.364. The van der Waals surface area contributed by atoms with Crippen LogP contribution in [0, 0.1) is 5.92 Å². The summed E-state index contributed by atoms with van der Waals surface area (Å²) in [6.45, 7) is 3.35. The van der Waals surface area contributed by atoms with Crippen molar-refractivity contribution >= 4 is 11.9 Å². The Hall–Kier alpha value is -2.66. The topological polar surface area (TPSA) is 55.8 Å². The number of likely N-dealkylation sites (tertiary alicyclic amines) is 1. The maximum Gasteiger partial charge on any atom is 0.311 e. The number of rotatable bonds is 8. The molecule has 1 aliphatic heterocycles. The zero-order valence-electron chi connectivity index (χ0n) is 16.3. The van der Waals surface area contributed by atoms with E-state index in [9.17, 15) is 9.59 Å². The highest BCUT2D eigenvalue weighted by molar-refractivity contribution is 5.82. The van der Waals surface area contributed by atoms with Gasteiger partial charge in [0.25, 0.3) is 0 Å². The third kappa shape index (κ3) is 5.20. The zero-order chi connectivity index (χ0) is 19.8. The van der Waals surface area contributed by atoms with Gasteiger partial charge in [-0.1, -0.05) is 60.7 Å². The van der Waals surface area contributed by atoms with Gasteiger partial charge >= 0.3 is 5.97 Å². The van der Waals surface area contributed by atoms with Crippen molar-refractivity contribution in [2.45, 2.75) is 39.0 Å². The summed E-state index contributed by atoms with van der Waals surface area (Å²) < 4.78 is 11.2. The minimum absolute atomic E-state index is 0.0534. The largest absolute Gasteiger partial charge is 0.466 e. The van der Waals surface area contributed by atoms with Gasteiger partial charge < -0.3 is 14.4 Å². The molecule has 1 aliphatic rings. The van der Waals surface area contributed by atoms with Gasteiger partial charge in [0.2, 0.25) is 5.91 Å². The first-order chi connectivity index (χ1) is 13.7. The molecule has 5 heteroatoms. The third-order valence-electron chi connectivity index (χ3n) is 5.04. The molecule has 1 heterocycles. The fourth-order valence-corrected chi connectivity index (χ4v) is 3.60. The summed E-state index contributed by atoms with van der Waals surface area (Å²) in [5, 5.41) is 0. The molecule has 28 heavy (non-hydrogen) atoms. The Morgan fingerprint density at radius 3 is 2.32 bits per heavy atom. The summed E-state index contributed by atoms with van der Waals surface area (Å²) in [4.78, 5) is 27.0. The summed E-state index contributed by atoms with van der Waals surface area (Å²) in [5.41, 5.74) is 2.10. The number of benzene rings is 2. The lowest BCUT2D eigenvalue weighted by atomic mass is 9.88. The smallest absolute Gasteiger partial charge is 0.311 e. The number of hydrogen-bond donors (Lipinski definition) is 0. The van der Waals surface area contributed by atoms with E-state index in [4.69, 9.17) is 9.47 Å². The second kappa shape index (κ2) is 10.0. The number of ether oxygens (including phenoxy) is 2. The summed E-state index contributed by atoms with van der Waals surface area (Å²) in [7, 11) is 0. The van der Waals surface area contributed by atoms with Crippen LogP contribution in [0.5, 0.6) is 0 Å². The molecule has 1 saturated heterocycles. The molecule has 0 bridgehead atoms. The molecule has 3 rings (SSSR count). The SMILES string of the molecule is CCOC(=O)[C@@H]1CCC(=O)N(Cc2ccccc2)[C@@H]1COCc1ccccc1. The highest BCUT2D eigenvalue weighted by atomic mass is 16.5. The Balaban J connectivity index is 1.74. The predicted octanol–water partition coefficient (Wildman–Crippen LogP) is 3.57. The maximum atomic E-state index is 12.7. The Bertz CT molecular complexity index is 763. The number of hydrogen-bond acceptors (Lipinski definition) is 4.